The van der Waals surface area contributed by atoms with Crippen molar-refractivity contribution in [3.63, 3.8) is 0 Å². The average molecular weight is 356 g/mol. The van der Waals surface area contributed by atoms with Crippen LogP contribution in [0.2, 0.25) is 0 Å². The van der Waals surface area contributed by atoms with E-state index in [-0.39, 0.29) is 11.3 Å². The van der Waals surface area contributed by atoms with Gasteiger partial charge >= 0.3 is 5.97 Å². The van der Waals surface area contributed by atoms with Crippen molar-refractivity contribution in [2.45, 2.75) is 38.1 Å². The molecule has 3 N–H and O–H groups in total. The number of nitrogens with one attached hydrogen (secondary N) is 1. The molecule has 0 spiro atoms. The van der Waals surface area contributed by atoms with E-state index in [4.69, 9.17) is 0 Å². The molecule has 5 nitrogen and oxygen atoms in total. The molecule has 21 heavy (non-hydrogen) atoms. The molecule has 6 heteroatoms. The Morgan fingerprint density at radius 2 is 1.90 bits per heavy atom. The van der Waals surface area contributed by atoms with Gasteiger partial charge in [0.1, 0.15) is 5.75 Å². The molecule has 1 saturated carbocycles. The lowest BCUT2D eigenvalue weighted by Gasteiger charge is -2.23. The molecule has 2 unspecified atom stereocenters. The van der Waals surface area contributed by atoms with E-state index in [1.807, 2.05) is 0 Å². The number of aliphatic carboxylic acids is 1. The number of carboxylic acids is 1. The quantitative estimate of drug-likeness (QED) is 0.727. The van der Waals surface area contributed by atoms with Gasteiger partial charge in [-0.3, -0.25) is 9.59 Å². The summed E-state index contributed by atoms with van der Waals surface area (Å²) in [6, 6.07) is 4.20. The Morgan fingerprint density at radius 3 is 2.62 bits per heavy atom. The second-order valence-electron chi connectivity index (χ2n) is 5.32. The van der Waals surface area contributed by atoms with Gasteiger partial charge in [-0.1, -0.05) is 35.2 Å². The SMILES string of the molecule is O=C(NC1CCCCCC1C(=O)O)c1cc(Br)ccc1O. The number of carboxylic acid groups (broad SMARTS) is 1. The van der Waals surface area contributed by atoms with Crippen LogP contribution in [0.25, 0.3) is 0 Å². The molecule has 0 saturated heterocycles. The first-order valence-electron chi connectivity index (χ1n) is 7.01. The summed E-state index contributed by atoms with van der Waals surface area (Å²) < 4.78 is 0.682. The maximum Gasteiger partial charge on any atom is 0.308 e. The number of benzene rings is 1. The number of hydrogen-bond donors (Lipinski definition) is 3. The highest BCUT2D eigenvalue weighted by Crippen LogP contribution is 2.26. The van der Waals surface area contributed by atoms with Gasteiger partial charge in [-0.05, 0) is 31.0 Å². The molecule has 0 radical (unpaired) electrons. The molecule has 1 fully saturated rings. The molecule has 0 bridgehead atoms. The molecule has 114 valence electrons. The Labute approximate surface area is 131 Å². The van der Waals surface area contributed by atoms with Gasteiger partial charge in [0.2, 0.25) is 0 Å². The van der Waals surface area contributed by atoms with E-state index in [0.717, 1.165) is 19.3 Å². The van der Waals surface area contributed by atoms with Crippen molar-refractivity contribution in [2.75, 3.05) is 0 Å². The fourth-order valence-electron chi connectivity index (χ4n) is 2.71. The first-order chi connectivity index (χ1) is 9.99. The molecule has 0 aliphatic heterocycles. The van der Waals surface area contributed by atoms with Crippen LogP contribution in [-0.2, 0) is 4.79 Å². The molecule has 1 aromatic rings. The van der Waals surface area contributed by atoms with Crippen LogP contribution in [0.1, 0.15) is 42.5 Å². The normalized spacial score (nSPS) is 22.3. The lowest BCUT2D eigenvalue weighted by Crippen LogP contribution is -2.42. The van der Waals surface area contributed by atoms with Gasteiger partial charge in [-0.2, -0.15) is 0 Å². The number of phenolic OH excluding ortho intramolecular Hbond substituents is 1. The zero-order valence-corrected chi connectivity index (χ0v) is 13.1. The van der Waals surface area contributed by atoms with Gasteiger partial charge in [0.05, 0.1) is 11.5 Å². The third-order valence-electron chi connectivity index (χ3n) is 3.85. The van der Waals surface area contributed by atoms with Crippen molar-refractivity contribution < 1.29 is 19.8 Å². The zero-order valence-electron chi connectivity index (χ0n) is 11.5. The molecule has 2 atom stereocenters. The summed E-state index contributed by atoms with van der Waals surface area (Å²) >= 11 is 3.25. The number of amides is 1. The van der Waals surface area contributed by atoms with Crippen LogP contribution in [0, 0.1) is 5.92 Å². The average Bonchev–Trinajstić information content (AvgIpc) is 2.67. The minimum atomic E-state index is -0.874. The Balaban J connectivity index is 2.16. The number of halogens is 1. The highest BCUT2D eigenvalue weighted by atomic mass is 79.9. The summed E-state index contributed by atoms with van der Waals surface area (Å²) in [5.74, 6) is -1.99. The van der Waals surface area contributed by atoms with Gasteiger partial charge in [0.25, 0.3) is 5.91 Å². The Hall–Kier alpha value is -1.56. The molecule has 1 aliphatic rings. The summed E-state index contributed by atoms with van der Waals surface area (Å²) in [5, 5.41) is 21.8. The summed E-state index contributed by atoms with van der Waals surface area (Å²) in [5.41, 5.74) is 0.151. The lowest BCUT2D eigenvalue weighted by atomic mass is 9.94. The number of carbonyl (C=O) groups is 2. The second kappa shape index (κ2) is 6.93. The highest BCUT2D eigenvalue weighted by molar-refractivity contribution is 9.10. The maximum atomic E-state index is 12.3. The van der Waals surface area contributed by atoms with E-state index in [1.54, 1.807) is 6.07 Å². The van der Waals surface area contributed by atoms with E-state index in [1.165, 1.54) is 12.1 Å². The topological polar surface area (TPSA) is 86.6 Å². The standard InChI is InChI=1S/C15H18BrNO4/c16-9-6-7-13(18)11(8-9)14(19)17-12-5-3-1-2-4-10(12)15(20)21/h6-8,10,12,18H,1-5H2,(H,17,19)(H,20,21). The van der Waals surface area contributed by atoms with Crippen LogP contribution >= 0.6 is 15.9 Å². The number of hydrogen-bond acceptors (Lipinski definition) is 3. The van der Waals surface area contributed by atoms with E-state index >= 15 is 0 Å². The Morgan fingerprint density at radius 1 is 1.19 bits per heavy atom. The number of rotatable bonds is 3. The highest BCUT2D eigenvalue weighted by Gasteiger charge is 2.31. The minimum Gasteiger partial charge on any atom is -0.507 e. The van der Waals surface area contributed by atoms with Gasteiger partial charge < -0.3 is 15.5 Å². The minimum absolute atomic E-state index is 0.115. The van der Waals surface area contributed by atoms with Crippen LogP contribution in [-0.4, -0.2) is 28.1 Å². The third kappa shape index (κ3) is 3.97. The molecule has 1 aromatic carbocycles. The van der Waals surface area contributed by atoms with E-state index in [0.29, 0.717) is 17.3 Å². The van der Waals surface area contributed by atoms with E-state index in [2.05, 4.69) is 21.2 Å². The fourth-order valence-corrected chi connectivity index (χ4v) is 3.07. The van der Waals surface area contributed by atoms with Gasteiger partial charge in [-0.15, -0.1) is 0 Å². The van der Waals surface area contributed by atoms with Crippen molar-refractivity contribution in [1.82, 2.24) is 5.32 Å². The van der Waals surface area contributed by atoms with Crippen LogP contribution < -0.4 is 5.32 Å². The maximum absolute atomic E-state index is 12.3. The smallest absolute Gasteiger partial charge is 0.308 e. The predicted molar refractivity (Wildman–Crippen MR) is 81.3 cm³/mol. The van der Waals surface area contributed by atoms with Crippen molar-refractivity contribution >= 4 is 27.8 Å². The molecule has 2 rings (SSSR count). The zero-order chi connectivity index (χ0) is 15.4. The van der Waals surface area contributed by atoms with Crippen molar-refractivity contribution in [3.05, 3.63) is 28.2 Å². The van der Waals surface area contributed by atoms with Crippen LogP contribution in [0.3, 0.4) is 0 Å². The van der Waals surface area contributed by atoms with Gasteiger partial charge in [-0.25, -0.2) is 0 Å². The third-order valence-corrected chi connectivity index (χ3v) is 4.35. The summed E-state index contributed by atoms with van der Waals surface area (Å²) in [6.07, 6.45) is 3.98. The summed E-state index contributed by atoms with van der Waals surface area (Å²) in [6.45, 7) is 0. The predicted octanol–water partition coefficient (Wildman–Crippen LogP) is 2.92. The molecule has 1 aliphatic carbocycles. The van der Waals surface area contributed by atoms with E-state index < -0.39 is 23.8 Å². The number of carbonyl (C=O) groups excluding carboxylic acids is 1. The van der Waals surface area contributed by atoms with Crippen molar-refractivity contribution in [3.8, 4) is 5.75 Å². The van der Waals surface area contributed by atoms with Crippen molar-refractivity contribution in [1.29, 1.82) is 0 Å². The van der Waals surface area contributed by atoms with E-state index in [9.17, 15) is 19.8 Å². The second-order valence-corrected chi connectivity index (χ2v) is 6.24. The molecule has 0 heterocycles. The number of phenols is 1. The fraction of sp³-hybridized carbons (Fsp3) is 0.467. The monoisotopic (exact) mass is 355 g/mol. The Bertz CT molecular complexity index is 546. The van der Waals surface area contributed by atoms with Gasteiger partial charge in [0, 0.05) is 10.5 Å². The van der Waals surface area contributed by atoms with Crippen molar-refractivity contribution in [2.24, 2.45) is 5.92 Å². The largest absolute Gasteiger partial charge is 0.507 e. The lowest BCUT2D eigenvalue weighted by molar-refractivity contribution is -0.142. The molecule has 1 amide bonds. The summed E-state index contributed by atoms with van der Waals surface area (Å²) in [4.78, 5) is 23.6. The van der Waals surface area contributed by atoms with Gasteiger partial charge in [0.15, 0.2) is 0 Å². The Kier molecular flexibility index (Phi) is 5.22. The summed E-state index contributed by atoms with van der Waals surface area (Å²) in [7, 11) is 0. The first-order valence-corrected chi connectivity index (χ1v) is 7.80. The first kappa shape index (κ1) is 15.8. The van der Waals surface area contributed by atoms with Crippen LogP contribution in [0.4, 0.5) is 0 Å². The molecular weight excluding hydrogens is 338 g/mol. The number of aromatic hydroxyl groups is 1. The van der Waals surface area contributed by atoms with Crippen LogP contribution in [0.15, 0.2) is 22.7 Å². The molecule has 0 aromatic heterocycles. The van der Waals surface area contributed by atoms with Crippen LogP contribution in [0.5, 0.6) is 5.75 Å². The molecular formula is C15H18BrNO4.